The molecule has 4 aromatic heterocycles. The Morgan fingerprint density at radius 3 is 2.23 bits per heavy atom. The molecule has 7 nitrogen and oxygen atoms in total. The maximum atomic E-state index is 5.69. The summed E-state index contributed by atoms with van der Waals surface area (Å²) in [5, 5.41) is 13.4. The van der Waals surface area contributed by atoms with Gasteiger partial charge in [0, 0.05) is 30.6 Å². The van der Waals surface area contributed by atoms with Crippen LogP contribution in [0.3, 0.4) is 0 Å². The summed E-state index contributed by atoms with van der Waals surface area (Å²) in [5.74, 6) is 7.26. The second-order valence-electron chi connectivity index (χ2n) is 9.65. The first kappa shape index (κ1) is 22.5. The highest BCUT2D eigenvalue weighted by molar-refractivity contribution is 5.75. The number of ether oxygens (including phenoxy) is 1. The monoisotopic (exact) mass is 464 g/mol. The lowest BCUT2D eigenvalue weighted by Crippen LogP contribution is -2.11. The number of aryl methyl sites for hydroxylation is 1. The molecule has 5 rings (SSSR count). The summed E-state index contributed by atoms with van der Waals surface area (Å²) in [5.41, 5.74) is 7.87. The molecule has 7 heteroatoms. The molecule has 4 heterocycles. The molecule has 35 heavy (non-hydrogen) atoms. The summed E-state index contributed by atoms with van der Waals surface area (Å²) >= 11 is 0. The second-order valence-corrected chi connectivity index (χ2v) is 9.65. The van der Waals surface area contributed by atoms with Gasteiger partial charge in [-0.3, -0.25) is 4.68 Å². The smallest absolute Gasteiger partial charge is 0.146 e. The van der Waals surface area contributed by atoms with Crippen molar-refractivity contribution in [3.63, 3.8) is 0 Å². The fourth-order valence-corrected chi connectivity index (χ4v) is 4.09. The number of fused-ring (bicyclic) bond motifs is 1. The summed E-state index contributed by atoms with van der Waals surface area (Å²) in [6, 6.07) is 10.5. The normalized spacial score (nSPS) is 11.5. The van der Waals surface area contributed by atoms with Gasteiger partial charge in [-0.1, -0.05) is 44.7 Å². The van der Waals surface area contributed by atoms with Crippen molar-refractivity contribution in [2.24, 2.45) is 7.05 Å². The standard InChI is InChI=1S/C28H28N6O/c1-19-20(14-31-34(19)25-11-9-24(10-12-25)28(2,3)4)7-8-21-15-30-33-18-22(13-26(35-6)27(21)33)23-16-29-32(5)17-23/h9-18H,1-6H3. The molecule has 0 aliphatic carbocycles. The molecule has 0 spiro atoms. The lowest BCUT2D eigenvalue weighted by molar-refractivity contribution is 0.417. The van der Waals surface area contributed by atoms with Crippen LogP contribution in [0, 0.1) is 18.8 Å². The lowest BCUT2D eigenvalue weighted by Gasteiger charge is -2.19. The first-order valence-electron chi connectivity index (χ1n) is 11.5. The number of nitrogens with zero attached hydrogens (tertiary/aromatic N) is 6. The van der Waals surface area contributed by atoms with E-state index in [2.05, 4.69) is 72.2 Å². The predicted octanol–water partition coefficient (Wildman–Crippen LogP) is 4.93. The molecule has 0 amide bonds. The average Bonchev–Trinajstić information content (AvgIpc) is 3.55. The molecule has 0 aliphatic heterocycles. The molecular weight excluding hydrogens is 436 g/mol. The molecule has 0 saturated carbocycles. The minimum atomic E-state index is 0.114. The van der Waals surface area contributed by atoms with E-state index in [1.807, 2.05) is 49.5 Å². The van der Waals surface area contributed by atoms with Crippen molar-refractivity contribution in [1.82, 2.24) is 29.2 Å². The Labute approximate surface area is 205 Å². The molecule has 5 aromatic rings. The summed E-state index contributed by atoms with van der Waals surface area (Å²) in [6.07, 6.45) is 9.32. The van der Waals surface area contributed by atoms with E-state index in [1.165, 1.54) is 5.56 Å². The van der Waals surface area contributed by atoms with Gasteiger partial charge in [0.2, 0.25) is 0 Å². The Kier molecular flexibility index (Phi) is 5.45. The Morgan fingerprint density at radius 2 is 1.57 bits per heavy atom. The number of aromatic nitrogens is 6. The molecule has 0 bridgehead atoms. The van der Waals surface area contributed by atoms with Gasteiger partial charge in [0.15, 0.2) is 0 Å². The number of hydrogen-bond donors (Lipinski definition) is 0. The average molecular weight is 465 g/mol. The van der Waals surface area contributed by atoms with Crippen LogP contribution in [-0.4, -0.2) is 36.3 Å². The van der Waals surface area contributed by atoms with Gasteiger partial charge in [0.1, 0.15) is 11.3 Å². The van der Waals surface area contributed by atoms with Crippen LogP contribution >= 0.6 is 0 Å². The van der Waals surface area contributed by atoms with Gasteiger partial charge < -0.3 is 4.74 Å². The van der Waals surface area contributed by atoms with Crippen molar-refractivity contribution in [2.45, 2.75) is 33.1 Å². The highest BCUT2D eigenvalue weighted by Crippen LogP contribution is 2.29. The van der Waals surface area contributed by atoms with Crippen LogP contribution in [0.5, 0.6) is 5.75 Å². The van der Waals surface area contributed by atoms with Crippen LogP contribution < -0.4 is 4.74 Å². The van der Waals surface area contributed by atoms with Crippen LogP contribution in [0.25, 0.3) is 22.3 Å². The lowest BCUT2D eigenvalue weighted by atomic mass is 9.87. The van der Waals surface area contributed by atoms with Crippen LogP contribution in [0.4, 0.5) is 0 Å². The summed E-state index contributed by atoms with van der Waals surface area (Å²) < 4.78 is 11.2. The molecule has 0 radical (unpaired) electrons. The molecule has 176 valence electrons. The van der Waals surface area contributed by atoms with E-state index in [4.69, 9.17) is 4.74 Å². The molecule has 0 fully saturated rings. The Balaban J connectivity index is 1.48. The third kappa shape index (κ3) is 4.19. The fraction of sp³-hybridized carbons (Fsp3) is 0.250. The maximum Gasteiger partial charge on any atom is 0.146 e. The zero-order chi connectivity index (χ0) is 24.7. The molecule has 0 unspecified atom stereocenters. The first-order chi connectivity index (χ1) is 16.7. The third-order valence-electron chi connectivity index (χ3n) is 6.15. The summed E-state index contributed by atoms with van der Waals surface area (Å²) in [4.78, 5) is 0. The SMILES string of the molecule is COc1cc(-c2cnn(C)c2)cn2ncc(C#Cc3cnn(-c4ccc(C(C)(C)C)cc4)c3C)c12. The van der Waals surface area contributed by atoms with Gasteiger partial charge in [0.05, 0.1) is 48.2 Å². The zero-order valence-corrected chi connectivity index (χ0v) is 20.9. The molecule has 0 atom stereocenters. The fourth-order valence-electron chi connectivity index (χ4n) is 4.09. The highest BCUT2D eigenvalue weighted by atomic mass is 16.5. The first-order valence-corrected chi connectivity index (χ1v) is 11.5. The maximum absolute atomic E-state index is 5.69. The Hall–Kier alpha value is -4.31. The van der Waals surface area contributed by atoms with Gasteiger partial charge in [-0.15, -0.1) is 0 Å². The van der Waals surface area contributed by atoms with E-state index < -0.39 is 0 Å². The minimum Gasteiger partial charge on any atom is -0.494 e. The van der Waals surface area contributed by atoms with Gasteiger partial charge in [-0.2, -0.15) is 15.3 Å². The van der Waals surface area contributed by atoms with Crippen LogP contribution in [0.2, 0.25) is 0 Å². The van der Waals surface area contributed by atoms with Crippen LogP contribution in [-0.2, 0) is 12.5 Å². The number of methoxy groups -OCH3 is 1. The Bertz CT molecular complexity index is 1580. The van der Waals surface area contributed by atoms with Crippen LogP contribution in [0.15, 0.2) is 61.3 Å². The Morgan fingerprint density at radius 1 is 0.857 bits per heavy atom. The molecule has 0 aliphatic rings. The second kappa shape index (κ2) is 8.48. The van der Waals surface area contributed by atoms with E-state index in [-0.39, 0.29) is 5.41 Å². The zero-order valence-electron chi connectivity index (χ0n) is 20.9. The predicted molar refractivity (Wildman–Crippen MR) is 137 cm³/mol. The van der Waals surface area contributed by atoms with Crippen molar-refractivity contribution in [3.8, 4) is 34.4 Å². The van der Waals surface area contributed by atoms with E-state index in [1.54, 1.807) is 22.5 Å². The van der Waals surface area contributed by atoms with Crippen molar-refractivity contribution < 1.29 is 4.74 Å². The number of rotatable bonds is 3. The number of pyridine rings is 1. The molecule has 1 aromatic carbocycles. The van der Waals surface area contributed by atoms with Crippen molar-refractivity contribution >= 4 is 5.52 Å². The minimum absolute atomic E-state index is 0.114. The van der Waals surface area contributed by atoms with Crippen molar-refractivity contribution in [3.05, 3.63) is 83.7 Å². The third-order valence-corrected chi connectivity index (χ3v) is 6.15. The summed E-state index contributed by atoms with van der Waals surface area (Å²) in [6.45, 7) is 8.67. The van der Waals surface area contributed by atoms with E-state index in [0.29, 0.717) is 5.75 Å². The molecule has 0 saturated heterocycles. The summed E-state index contributed by atoms with van der Waals surface area (Å²) in [7, 11) is 3.55. The van der Waals surface area contributed by atoms with E-state index >= 15 is 0 Å². The molecular formula is C28H28N6O. The van der Waals surface area contributed by atoms with Gasteiger partial charge >= 0.3 is 0 Å². The van der Waals surface area contributed by atoms with Crippen molar-refractivity contribution in [2.75, 3.05) is 7.11 Å². The van der Waals surface area contributed by atoms with E-state index in [9.17, 15) is 0 Å². The van der Waals surface area contributed by atoms with Gasteiger partial charge in [-0.25, -0.2) is 9.20 Å². The largest absolute Gasteiger partial charge is 0.494 e. The van der Waals surface area contributed by atoms with Gasteiger partial charge in [-0.05, 0) is 36.1 Å². The van der Waals surface area contributed by atoms with E-state index in [0.717, 1.165) is 39.2 Å². The quantitative estimate of drug-likeness (QED) is 0.355. The number of hydrogen-bond acceptors (Lipinski definition) is 4. The topological polar surface area (TPSA) is 62.2 Å². The van der Waals surface area contributed by atoms with Crippen molar-refractivity contribution in [1.29, 1.82) is 0 Å². The van der Waals surface area contributed by atoms with Crippen LogP contribution in [0.1, 0.15) is 43.2 Å². The highest BCUT2D eigenvalue weighted by Gasteiger charge is 2.15. The molecule has 0 N–H and O–H groups in total. The van der Waals surface area contributed by atoms with Gasteiger partial charge in [0.25, 0.3) is 0 Å². The number of benzene rings is 1.